The van der Waals surface area contributed by atoms with Crippen molar-refractivity contribution in [1.82, 2.24) is 15.1 Å². The SMILES string of the molecule is CCCCN(C)C(=O)c1ccc(C2CC2)nn1. The van der Waals surface area contributed by atoms with Crippen molar-refractivity contribution in [3.8, 4) is 0 Å². The Hall–Kier alpha value is -1.45. The number of carbonyl (C=O) groups excluding carboxylic acids is 1. The van der Waals surface area contributed by atoms with E-state index in [1.165, 1.54) is 12.8 Å². The summed E-state index contributed by atoms with van der Waals surface area (Å²) in [5.41, 5.74) is 1.48. The first-order valence-electron chi connectivity index (χ1n) is 6.31. The lowest BCUT2D eigenvalue weighted by Gasteiger charge is -2.15. The van der Waals surface area contributed by atoms with E-state index in [-0.39, 0.29) is 5.91 Å². The Balaban J connectivity index is 1.98. The largest absolute Gasteiger partial charge is 0.340 e. The quantitative estimate of drug-likeness (QED) is 0.783. The van der Waals surface area contributed by atoms with E-state index in [1.54, 1.807) is 11.0 Å². The molecule has 0 bridgehead atoms. The van der Waals surface area contributed by atoms with Gasteiger partial charge in [0.1, 0.15) is 0 Å². The fraction of sp³-hybridized carbons (Fsp3) is 0.615. The van der Waals surface area contributed by atoms with Crippen molar-refractivity contribution in [1.29, 1.82) is 0 Å². The lowest BCUT2D eigenvalue weighted by Crippen LogP contribution is -2.28. The van der Waals surface area contributed by atoms with Crippen LogP contribution in [-0.4, -0.2) is 34.6 Å². The number of hydrogen-bond acceptors (Lipinski definition) is 3. The van der Waals surface area contributed by atoms with E-state index in [1.807, 2.05) is 13.1 Å². The Bertz CT molecular complexity index is 384. The van der Waals surface area contributed by atoms with Crippen LogP contribution < -0.4 is 0 Å². The standard InChI is InChI=1S/C13H19N3O/c1-3-4-9-16(2)13(17)12-8-7-11(14-15-12)10-5-6-10/h7-8,10H,3-6,9H2,1-2H3. The Kier molecular flexibility index (Phi) is 3.71. The first-order chi connectivity index (χ1) is 8.22. The van der Waals surface area contributed by atoms with Crippen molar-refractivity contribution in [3.63, 3.8) is 0 Å². The molecule has 0 unspecified atom stereocenters. The van der Waals surface area contributed by atoms with Crippen LogP contribution in [0.1, 0.15) is 54.7 Å². The van der Waals surface area contributed by atoms with Gasteiger partial charge in [-0.2, -0.15) is 5.10 Å². The molecule has 1 saturated carbocycles. The molecule has 0 aromatic carbocycles. The van der Waals surface area contributed by atoms with Crippen molar-refractivity contribution < 1.29 is 4.79 Å². The van der Waals surface area contributed by atoms with Crippen LogP contribution >= 0.6 is 0 Å². The summed E-state index contributed by atoms with van der Waals surface area (Å²) >= 11 is 0. The van der Waals surface area contributed by atoms with E-state index in [2.05, 4.69) is 17.1 Å². The van der Waals surface area contributed by atoms with Gasteiger partial charge in [-0.05, 0) is 31.4 Å². The molecule has 1 aliphatic carbocycles. The molecule has 1 aromatic rings. The summed E-state index contributed by atoms with van der Waals surface area (Å²) in [7, 11) is 1.81. The number of aromatic nitrogens is 2. The molecule has 0 saturated heterocycles. The molecule has 92 valence electrons. The maximum atomic E-state index is 12.0. The van der Waals surface area contributed by atoms with Crippen LogP contribution in [0.2, 0.25) is 0 Å². The van der Waals surface area contributed by atoms with Crippen molar-refractivity contribution in [2.24, 2.45) is 0 Å². The molecule has 1 aliphatic rings. The molecule has 0 radical (unpaired) electrons. The minimum Gasteiger partial charge on any atom is -0.340 e. The molecule has 0 atom stereocenters. The zero-order chi connectivity index (χ0) is 12.3. The van der Waals surface area contributed by atoms with Gasteiger partial charge in [0.05, 0.1) is 5.69 Å². The molecule has 1 heterocycles. The highest BCUT2D eigenvalue weighted by Gasteiger charge is 2.25. The van der Waals surface area contributed by atoms with Gasteiger partial charge < -0.3 is 4.90 Å². The maximum Gasteiger partial charge on any atom is 0.274 e. The Labute approximate surface area is 102 Å². The molecule has 17 heavy (non-hydrogen) atoms. The Morgan fingerprint density at radius 3 is 2.71 bits per heavy atom. The lowest BCUT2D eigenvalue weighted by atomic mass is 10.2. The van der Waals surface area contributed by atoms with E-state index in [9.17, 15) is 4.79 Å². The van der Waals surface area contributed by atoms with Gasteiger partial charge in [0.2, 0.25) is 0 Å². The van der Waals surface area contributed by atoms with Gasteiger partial charge in [0.15, 0.2) is 5.69 Å². The highest BCUT2D eigenvalue weighted by atomic mass is 16.2. The van der Waals surface area contributed by atoms with Crippen LogP contribution in [0.5, 0.6) is 0 Å². The van der Waals surface area contributed by atoms with Gasteiger partial charge in [0, 0.05) is 19.5 Å². The zero-order valence-corrected chi connectivity index (χ0v) is 10.5. The molecule has 4 heteroatoms. The lowest BCUT2D eigenvalue weighted by molar-refractivity contribution is 0.0786. The third-order valence-electron chi connectivity index (χ3n) is 3.09. The molecule has 1 amide bonds. The van der Waals surface area contributed by atoms with Gasteiger partial charge in [-0.3, -0.25) is 4.79 Å². The van der Waals surface area contributed by atoms with Crippen LogP contribution in [0.25, 0.3) is 0 Å². The molecule has 1 aromatic heterocycles. The number of unbranched alkanes of at least 4 members (excludes halogenated alkanes) is 1. The van der Waals surface area contributed by atoms with Gasteiger partial charge in [-0.1, -0.05) is 13.3 Å². The fourth-order valence-electron chi connectivity index (χ4n) is 1.75. The van der Waals surface area contributed by atoms with Crippen LogP contribution in [0, 0.1) is 0 Å². The van der Waals surface area contributed by atoms with Crippen LogP contribution in [0.15, 0.2) is 12.1 Å². The molecule has 4 nitrogen and oxygen atoms in total. The van der Waals surface area contributed by atoms with E-state index in [4.69, 9.17) is 0 Å². The average Bonchev–Trinajstić information content (AvgIpc) is 3.19. The van der Waals surface area contributed by atoms with Gasteiger partial charge in [-0.15, -0.1) is 5.10 Å². The predicted octanol–water partition coefficient (Wildman–Crippen LogP) is 2.23. The van der Waals surface area contributed by atoms with Crippen molar-refractivity contribution in [3.05, 3.63) is 23.5 Å². The number of amides is 1. The summed E-state index contributed by atoms with van der Waals surface area (Å²) < 4.78 is 0. The second kappa shape index (κ2) is 5.25. The Morgan fingerprint density at radius 1 is 1.41 bits per heavy atom. The van der Waals surface area contributed by atoms with E-state index in [0.717, 1.165) is 25.1 Å². The average molecular weight is 233 g/mol. The highest BCUT2D eigenvalue weighted by molar-refractivity contribution is 5.91. The number of carbonyl (C=O) groups is 1. The van der Waals surface area contributed by atoms with E-state index in [0.29, 0.717) is 11.6 Å². The minimum absolute atomic E-state index is 0.0340. The first-order valence-corrected chi connectivity index (χ1v) is 6.31. The summed E-state index contributed by atoms with van der Waals surface area (Å²) in [6.07, 6.45) is 4.52. The third-order valence-corrected chi connectivity index (χ3v) is 3.09. The molecule has 0 N–H and O–H groups in total. The molecule has 0 aliphatic heterocycles. The van der Waals surface area contributed by atoms with Crippen molar-refractivity contribution >= 4 is 5.91 Å². The van der Waals surface area contributed by atoms with E-state index < -0.39 is 0 Å². The predicted molar refractivity (Wildman–Crippen MR) is 65.9 cm³/mol. The Morgan fingerprint density at radius 2 is 2.18 bits per heavy atom. The van der Waals surface area contributed by atoms with Crippen molar-refractivity contribution in [2.75, 3.05) is 13.6 Å². The van der Waals surface area contributed by atoms with Crippen molar-refractivity contribution in [2.45, 2.75) is 38.5 Å². The van der Waals surface area contributed by atoms with Crippen LogP contribution in [0.4, 0.5) is 0 Å². The second-order valence-corrected chi connectivity index (χ2v) is 4.70. The maximum absolute atomic E-state index is 12.0. The number of rotatable bonds is 5. The van der Waals surface area contributed by atoms with Crippen LogP contribution in [0.3, 0.4) is 0 Å². The summed E-state index contributed by atoms with van der Waals surface area (Å²) in [5, 5.41) is 8.15. The normalized spacial score (nSPS) is 14.7. The highest BCUT2D eigenvalue weighted by Crippen LogP contribution is 2.38. The minimum atomic E-state index is -0.0340. The summed E-state index contributed by atoms with van der Waals surface area (Å²) in [5.74, 6) is 0.553. The fourth-order valence-corrected chi connectivity index (χ4v) is 1.75. The van der Waals surface area contributed by atoms with Crippen LogP contribution in [-0.2, 0) is 0 Å². The molecular formula is C13H19N3O. The zero-order valence-electron chi connectivity index (χ0n) is 10.5. The summed E-state index contributed by atoms with van der Waals surface area (Å²) in [4.78, 5) is 13.7. The molecule has 1 fully saturated rings. The number of hydrogen-bond donors (Lipinski definition) is 0. The number of nitrogens with zero attached hydrogens (tertiary/aromatic N) is 3. The topological polar surface area (TPSA) is 46.1 Å². The molecule has 0 spiro atoms. The summed E-state index contributed by atoms with van der Waals surface area (Å²) in [6.45, 7) is 2.89. The molecular weight excluding hydrogens is 214 g/mol. The molecule has 2 rings (SSSR count). The summed E-state index contributed by atoms with van der Waals surface area (Å²) in [6, 6.07) is 3.73. The van der Waals surface area contributed by atoms with Gasteiger partial charge in [0.25, 0.3) is 5.91 Å². The van der Waals surface area contributed by atoms with Gasteiger partial charge >= 0.3 is 0 Å². The second-order valence-electron chi connectivity index (χ2n) is 4.70. The first kappa shape index (κ1) is 12.0. The smallest absolute Gasteiger partial charge is 0.274 e. The third kappa shape index (κ3) is 3.02. The monoisotopic (exact) mass is 233 g/mol. The van der Waals surface area contributed by atoms with E-state index >= 15 is 0 Å². The van der Waals surface area contributed by atoms with Gasteiger partial charge in [-0.25, -0.2) is 0 Å².